The summed E-state index contributed by atoms with van der Waals surface area (Å²) in [6.45, 7) is 3.11. The van der Waals surface area contributed by atoms with Crippen molar-refractivity contribution in [2.75, 3.05) is 26.7 Å². The summed E-state index contributed by atoms with van der Waals surface area (Å²) in [5.41, 5.74) is -1.18. The van der Waals surface area contributed by atoms with Crippen molar-refractivity contribution >= 4 is 11.8 Å². The van der Waals surface area contributed by atoms with Gasteiger partial charge in [0, 0.05) is 7.05 Å². The molecule has 0 spiro atoms. The van der Waals surface area contributed by atoms with Gasteiger partial charge in [-0.2, -0.15) is 0 Å². The number of likely N-dealkylation sites (tertiary alicyclic amines) is 1. The van der Waals surface area contributed by atoms with Gasteiger partial charge in [-0.1, -0.05) is 12.6 Å². The van der Waals surface area contributed by atoms with Crippen LogP contribution in [0.2, 0.25) is 0 Å². The third kappa shape index (κ3) is 2.99. The second kappa shape index (κ2) is 5.84. The summed E-state index contributed by atoms with van der Waals surface area (Å²) in [6.07, 6.45) is 1.10. The van der Waals surface area contributed by atoms with E-state index in [0.29, 0.717) is 0 Å². The molecule has 1 heterocycles. The summed E-state index contributed by atoms with van der Waals surface area (Å²) in [7, 11) is 1.46. The number of nitrogens with zero attached hydrogens (tertiary/aromatic N) is 2. The first kappa shape index (κ1) is 16.1. The maximum absolute atomic E-state index is 13.2. The molecular weight excluding hydrogens is 294 g/mol. The lowest BCUT2D eigenvalue weighted by molar-refractivity contribution is -0.159. The van der Waals surface area contributed by atoms with Crippen molar-refractivity contribution in [2.24, 2.45) is 0 Å². The molecule has 1 saturated heterocycles. The zero-order chi connectivity index (χ0) is 16.5. The number of β-amino-alcohol motifs (C(OH)–C–C–N with tert-alkyl or cyclic N) is 1. The van der Waals surface area contributed by atoms with E-state index >= 15 is 0 Å². The summed E-state index contributed by atoms with van der Waals surface area (Å²) in [6, 6.07) is 3.14. The van der Waals surface area contributed by atoms with E-state index < -0.39 is 17.2 Å². The normalized spacial score (nSPS) is 15.9. The monoisotopic (exact) mass is 310 g/mol. The number of amides is 2. The van der Waals surface area contributed by atoms with Crippen LogP contribution in [-0.4, -0.2) is 53.4 Å². The number of aliphatic hydroxyl groups is 1. The molecule has 0 unspecified atom stereocenters. The van der Waals surface area contributed by atoms with Gasteiger partial charge in [-0.3, -0.25) is 9.59 Å². The molecule has 0 aromatic heterocycles. The molecule has 5 nitrogen and oxygen atoms in total. The molecule has 0 saturated carbocycles. The molecule has 0 bridgehead atoms. The van der Waals surface area contributed by atoms with Gasteiger partial charge in [0.15, 0.2) is 11.6 Å². The number of halogens is 2. The fourth-order valence-corrected chi connectivity index (χ4v) is 2.27. The first-order chi connectivity index (χ1) is 10.3. The molecule has 1 fully saturated rings. The molecule has 1 N–H and O–H groups in total. The van der Waals surface area contributed by atoms with E-state index in [0.717, 1.165) is 18.2 Å². The number of rotatable bonds is 4. The van der Waals surface area contributed by atoms with Crippen LogP contribution in [0.1, 0.15) is 5.56 Å². The maximum Gasteiger partial charge on any atom is 0.246 e. The predicted octanol–water partition coefficient (Wildman–Crippen LogP) is 0.639. The fraction of sp³-hybridized carbons (Fsp3) is 0.333. The number of carbonyl (C=O) groups excluding carboxylic acids is 2. The van der Waals surface area contributed by atoms with Gasteiger partial charge in [0.1, 0.15) is 5.60 Å². The first-order valence-electron chi connectivity index (χ1n) is 6.60. The minimum absolute atomic E-state index is 0.0347. The zero-order valence-corrected chi connectivity index (χ0v) is 12.1. The number of likely N-dealkylation sites (N-methyl/N-ethyl adjacent to an activating group) is 1. The summed E-state index contributed by atoms with van der Waals surface area (Å²) >= 11 is 0. The summed E-state index contributed by atoms with van der Waals surface area (Å²) < 4.78 is 26.1. The van der Waals surface area contributed by atoms with Gasteiger partial charge < -0.3 is 14.9 Å². The van der Waals surface area contributed by atoms with Crippen LogP contribution in [-0.2, 0) is 15.2 Å². The highest BCUT2D eigenvalue weighted by molar-refractivity contribution is 5.90. The molecule has 118 valence electrons. The minimum atomic E-state index is -1.40. The van der Waals surface area contributed by atoms with Crippen LogP contribution in [0.4, 0.5) is 8.78 Å². The van der Waals surface area contributed by atoms with Crippen LogP contribution >= 0.6 is 0 Å². The van der Waals surface area contributed by atoms with Gasteiger partial charge in [0.25, 0.3) is 0 Å². The average molecular weight is 310 g/mol. The zero-order valence-electron chi connectivity index (χ0n) is 12.1. The molecule has 0 aliphatic carbocycles. The molecule has 0 atom stereocenters. The molecule has 1 aliphatic rings. The minimum Gasteiger partial charge on any atom is -0.381 e. The van der Waals surface area contributed by atoms with Gasteiger partial charge in [-0.05, 0) is 23.8 Å². The number of hydrogen-bond acceptors (Lipinski definition) is 3. The molecule has 22 heavy (non-hydrogen) atoms. The van der Waals surface area contributed by atoms with Crippen molar-refractivity contribution in [1.82, 2.24) is 9.80 Å². The summed E-state index contributed by atoms with van der Waals surface area (Å²) in [4.78, 5) is 25.8. The van der Waals surface area contributed by atoms with Crippen LogP contribution in [0.15, 0.2) is 30.9 Å². The van der Waals surface area contributed by atoms with Crippen LogP contribution < -0.4 is 0 Å². The highest BCUT2D eigenvalue weighted by Gasteiger charge is 2.45. The van der Waals surface area contributed by atoms with Crippen molar-refractivity contribution in [2.45, 2.75) is 5.60 Å². The van der Waals surface area contributed by atoms with Crippen molar-refractivity contribution in [3.05, 3.63) is 48.1 Å². The Kier molecular flexibility index (Phi) is 4.27. The largest absolute Gasteiger partial charge is 0.381 e. The molecule has 1 aromatic carbocycles. The maximum atomic E-state index is 13.2. The highest BCUT2D eigenvalue weighted by atomic mass is 19.2. The van der Waals surface area contributed by atoms with E-state index in [-0.39, 0.29) is 37.0 Å². The lowest BCUT2D eigenvalue weighted by Gasteiger charge is -2.47. The smallest absolute Gasteiger partial charge is 0.246 e. The molecule has 0 radical (unpaired) electrons. The highest BCUT2D eigenvalue weighted by Crippen LogP contribution is 2.32. The fourth-order valence-electron chi connectivity index (χ4n) is 2.27. The van der Waals surface area contributed by atoms with E-state index in [9.17, 15) is 23.5 Å². The summed E-state index contributed by atoms with van der Waals surface area (Å²) in [5, 5.41) is 10.3. The number of carbonyl (C=O) groups is 2. The summed E-state index contributed by atoms with van der Waals surface area (Å²) in [5.74, 6) is -2.77. The Bertz CT molecular complexity index is 627. The van der Waals surface area contributed by atoms with E-state index in [2.05, 4.69) is 6.58 Å². The average Bonchev–Trinajstić information content (AvgIpc) is 2.45. The van der Waals surface area contributed by atoms with E-state index in [1.807, 2.05) is 0 Å². The topological polar surface area (TPSA) is 60.9 Å². The Morgan fingerprint density at radius 3 is 2.59 bits per heavy atom. The van der Waals surface area contributed by atoms with Crippen molar-refractivity contribution in [3.8, 4) is 0 Å². The third-order valence-corrected chi connectivity index (χ3v) is 3.64. The Balaban J connectivity index is 1.98. The molecule has 2 amide bonds. The Labute approximate surface area is 126 Å². The van der Waals surface area contributed by atoms with E-state index in [4.69, 9.17) is 0 Å². The molecule has 2 rings (SSSR count). The van der Waals surface area contributed by atoms with Crippen LogP contribution in [0.25, 0.3) is 0 Å². The van der Waals surface area contributed by atoms with Crippen LogP contribution in [0.3, 0.4) is 0 Å². The molecule has 7 heteroatoms. The third-order valence-electron chi connectivity index (χ3n) is 3.64. The molecule has 1 aliphatic heterocycles. The van der Waals surface area contributed by atoms with Crippen molar-refractivity contribution in [3.63, 3.8) is 0 Å². The Hall–Kier alpha value is -2.28. The Morgan fingerprint density at radius 1 is 1.41 bits per heavy atom. The first-order valence-corrected chi connectivity index (χ1v) is 6.60. The quantitative estimate of drug-likeness (QED) is 0.830. The van der Waals surface area contributed by atoms with E-state index in [1.165, 1.54) is 22.9 Å². The number of hydrogen-bond donors (Lipinski definition) is 1. The lowest BCUT2D eigenvalue weighted by atomic mass is 9.86. The van der Waals surface area contributed by atoms with Crippen LogP contribution in [0.5, 0.6) is 0 Å². The van der Waals surface area contributed by atoms with Crippen LogP contribution in [0, 0.1) is 11.6 Å². The SMILES string of the molecule is C=CC(=O)N(C)CC(=O)N1CC(O)(c2ccc(F)c(F)c2)C1. The van der Waals surface area contributed by atoms with Gasteiger partial charge in [-0.15, -0.1) is 0 Å². The van der Waals surface area contributed by atoms with Crippen molar-refractivity contribution in [1.29, 1.82) is 0 Å². The van der Waals surface area contributed by atoms with Crippen molar-refractivity contribution < 1.29 is 23.5 Å². The molecule has 1 aromatic rings. The lowest BCUT2D eigenvalue weighted by Crippen LogP contribution is -2.62. The number of benzene rings is 1. The predicted molar refractivity (Wildman–Crippen MR) is 74.7 cm³/mol. The Morgan fingerprint density at radius 2 is 2.05 bits per heavy atom. The van der Waals surface area contributed by atoms with Gasteiger partial charge >= 0.3 is 0 Å². The second-order valence-corrected chi connectivity index (χ2v) is 5.31. The molecular formula is C15H16F2N2O3. The van der Waals surface area contributed by atoms with Gasteiger partial charge in [0.05, 0.1) is 19.6 Å². The second-order valence-electron chi connectivity index (χ2n) is 5.31. The van der Waals surface area contributed by atoms with E-state index in [1.54, 1.807) is 0 Å². The van der Waals surface area contributed by atoms with Gasteiger partial charge in [-0.25, -0.2) is 8.78 Å². The standard InChI is InChI=1S/C15H16F2N2O3/c1-3-13(20)18(2)7-14(21)19-8-15(22,9-19)10-4-5-11(16)12(17)6-10/h3-6,22H,1,7-9H2,2H3. The van der Waals surface area contributed by atoms with Gasteiger partial charge in [0.2, 0.25) is 11.8 Å².